The minimum atomic E-state index is -2.87. The van der Waals surface area contributed by atoms with Crippen LogP contribution in [0.1, 0.15) is 32.6 Å². The van der Waals surface area contributed by atoms with E-state index in [1.54, 1.807) is 28.3 Å². The van der Waals surface area contributed by atoms with E-state index in [2.05, 4.69) is 0 Å². The van der Waals surface area contributed by atoms with Gasteiger partial charge in [-0.25, -0.2) is 0 Å². The molecule has 0 radical (unpaired) electrons. The van der Waals surface area contributed by atoms with Gasteiger partial charge in [0.1, 0.15) is 6.10 Å². The highest BCUT2D eigenvalue weighted by Gasteiger charge is 2.47. The van der Waals surface area contributed by atoms with Crippen LogP contribution in [0.3, 0.4) is 0 Å². The molecule has 2 fully saturated rings. The predicted molar refractivity (Wildman–Crippen MR) is 111 cm³/mol. The van der Waals surface area contributed by atoms with Gasteiger partial charge in [-0.1, -0.05) is 25.7 Å². The Hall–Kier alpha value is 0.114. The summed E-state index contributed by atoms with van der Waals surface area (Å²) in [6, 6.07) is 1.17. The number of aliphatic hydroxyl groups is 1. The molecule has 0 aromatic rings. The van der Waals surface area contributed by atoms with Crippen LogP contribution in [0.25, 0.3) is 0 Å². The van der Waals surface area contributed by atoms with E-state index in [4.69, 9.17) is 31.6 Å². The van der Waals surface area contributed by atoms with Crippen LogP contribution in [0.5, 0.6) is 0 Å². The Morgan fingerprint density at radius 3 is 1.96 bits per heavy atom. The zero-order valence-corrected chi connectivity index (χ0v) is 20.2. The monoisotopic (exact) mass is 440 g/mol. The zero-order chi connectivity index (χ0) is 20.9. The molecule has 3 unspecified atom stereocenters. The zero-order valence-electron chi connectivity index (χ0n) is 18.2. The molecule has 1 aliphatic heterocycles. The summed E-state index contributed by atoms with van der Waals surface area (Å²) >= 11 is 0. The average Bonchev–Trinajstić information content (AvgIpc) is 3.44. The third-order valence-corrected chi connectivity index (χ3v) is 11.8. The molecule has 0 bridgehead atoms. The Balaban J connectivity index is 0.000000863. The van der Waals surface area contributed by atoms with E-state index >= 15 is 0 Å². The number of rotatable bonds is 15. The summed E-state index contributed by atoms with van der Waals surface area (Å²) in [7, 11) is -0.571. The van der Waals surface area contributed by atoms with E-state index < -0.39 is 23.5 Å². The Morgan fingerprint density at radius 2 is 1.54 bits per heavy atom. The second-order valence-electron chi connectivity index (χ2n) is 7.40. The van der Waals surface area contributed by atoms with Crippen LogP contribution in [-0.2, 0) is 31.6 Å². The lowest BCUT2D eigenvalue weighted by Crippen LogP contribution is -2.55. The minimum absolute atomic E-state index is 0.233. The minimum Gasteiger partial charge on any atom is -0.398 e. The van der Waals surface area contributed by atoms with Crippen LogP contribution in [-0.4, -0.2) is 89.0 Å². The second-order valence-corrected chi connectivity index (χ2v) is 14.1. The molecule has 0 amide bonds. The number of hydrogen-bond acceptors (Lipinski definition) is 8. The van der Waals surface area contributed by atoms with Gasteiger partial charge in [0.25, 0.3) is 0 Å². The first-order valence-corrected chi connectivity index (χ1v) is 14.6. The van der Waals surface area contributed by atoms with Crippen LogP contribution < -0.4 is 0 Å². The molecule has 8 nitrogen and oxygen atoms in total. The summed E-state index contributed by atoms with van der Waals surface area (Å²) in [5.74, 6) is 0. The molecular weight excluding hydrogens is 400 g/mol. The maximum absolute atomic E-state index is 9.23. The van der Waals surface area contributed by atoms with E-state index in [1.165, 1.54) is 25.7 Å². The summed E-state index contributed by atoms with van der Waals surface area (Å²) in [5.41, 5.74) is 0. The predicted octanol–water partition coefficient (Wildman–Crippen LogP) is 2.33. The molecule has 168 valence electrons. The van der Waals surface area contributed by atoms with Gasteiger partial charge in [0.2, 0.25) is 0 Å². The first kappa shape index (κ1) is 26.1. The standard InChI is InChI=1S/C14H32O8Si2.C4H8/c1-13(15)10-19-6-8-23(5,16-2)22-24(17-3,18-4)9-7-20-11-14-12-21-14;1-2-4-3-1/h13-15H,6-12H2,1-5H3;1-4H2. The molecule has 0 aromatic carbocycles. The molecule has 0 aromatic heterocycles. The largest absolute Gasteiger partial charge is 0.493 e. The molecule has 1 N–H and O–H groups in total. The lowest BCUT2D eigenvalue weighted by atomic mass is 10.0. The van der Waals surface area contributed by atoms with E-state index in [9.17, 15) is 5.11 Å². The lowest BCUT2D eigenvalue weighted by Gasteiger charge is -2.35. The van der Waals surface area contributed by atoms with Crippen molar-refractivity contribution in [3.63, 3.8) is 0 Å². The molecule has 2 aliphatic rings. The van der Waals surface area contributed by atoms with Crippen molar-refractivity contribution >= 4 is 17.4 Å². The van der Waals surface area contributed by atoms with Gasteiger partial charge in [-0.05, 0) is 13.5 Å². The van der Waals surface area contributed by atoms with Crippen LogP contribution >= 0.6 is 0 Å². The summed E-state index contributed by atoms with van der Waals surface area (Å²) in [5, 5.41) is 9.23. The molecule has 1 heterocycles. The highest BCUT2D eigenvalue weighted by Crippen LogP contribution is 2.24. The fourth-order valence-corrected chi connectivity index (χ4v) is 8.42. The average molecular weight is 441 g/mol. The molecule has 2 rings (SSSR count). The van der Waals surface area contributed by atoms with E-state index in [1.807, 2.05) is 6.55 Å². The van der Waals surface area contributed by atoms with Crippen LogP contribution in [0.2, 0.25) is 18.6 Å². The molecule has 28 heavy (non-hydrogen) atoms. The van der Waals surface area contributed by atoms with Gasteiger partial charge in [-0.3, -0.25) is 0 Å². The first-order chi connectivity index (χ1) is 13.4. The third-order valence-electron chi connectivity index (χ3n) is 4.74. The number of aliphatic hydroxyl groups excluding tert-OH is 1. The molecule has 1 saturated carbocycles. The highest BCUT2D eigenvalue weighted by molar-refractivity contribution is 6.77. The fourth-order valence-electron chi connectivity index (χ4n) is 2.28. The Labute approximate surface area is 172 Å². The first-order valence-electron chi connectivity index (χ1n) is 10.2. The summed E-state index contributed by atoms with van der Waals surface area (Å²) in [4.78, 5) is 0. The summed E-state index contributed by atoms with van der Waals surface area (Å²) < 4.78 is 39.2. The van der Waals surface area contributed by atoms with E-state index in [-0.39, 0.29) is 6.10 Å². The molecule has 1 aliphatic carbocycles. The Bertz CT molecular complexity index is 386. The van der Waals surface area contributed by atoms with Gasteiger partial charge in [0.05, 0.1) is 32.5 Å². The molecule has 10 heteroatoms. The van der Waals surface area contributed by atoms with Crippen molar-refractivity contribution in [2.24, 2.45) is 0 Å². The van der Waals surface area contributed by atoms with Crippen molar-refractivity contribution in [3.05, 3.63) is 0 Å². The van der Waals surface area contributed by atoms with Crippen molar-refractivity contribution in [2.75, 3.05) is 54.4 Å². The maximum Gasteiger partial charge on any atom is 0.493 e. The van der Waals surface area contributed by atoms with Gasteiger partial charge in [-0.2, -0.15) is 0 Å². The van der Waals surface area contributed by atoms with Gasteiger partial charge in [0, 0.05) is 40.0 Å². The van der Waals surface area contributed by atoms with Crippen LogP contribution in [0, 0.1) is 0 Å². The quantitative estimate of drug-likeness (QED) is 0.236. The van der Waals surface area contributed by atoms with Crippen molar-refractivity contribution < 1.29 is 36.7 Å². The van der Waals surface area contributed by atoms with Crippen LogP contribution in [0.4, 0.5) is 0 Å². The van der Waals surface area contributed by atoms with E-state index in [0.717, 1.165) is 6.61 Å². The summed E-state index contributed by atoms with van der Waals surface area (Å²) in [6.45, 7) is 6.23. The SMILES string of the molecule is C1CCC1.CO[Si](C)(CCOCC(C)O)O[Si](CCOCC1CO1)(OC)OC. The van der Waals surface area contributed by atoms with Gasteiger partial charge < -0.3 is 36.7 Å². The van der Waals surface area contributed by atoms with Crippen molar-refractivity contribution in [1.82, 2.24) is 0 Å². The second kappa shape index (κ2) is 14.2. The van der Waals surface area contributed by atoms with Crippen molar-refractivity contribution in [2.45, 2.75) is 63.5 Å². The van der Waals surface area contributed by atoms with Gasteiger partial charge >= 0.3 is 17.4 Å². The number of epoxide rings is 1. The van der Waals surface area contributed by atoms with Gasteiger partial charge in [-0.15, -0.1) is 0 Å². The van der Waals surface area contributed by atoms with Gasteiger partial charge in [0.15, 0.2) is 0 Å². The molecule has 1 saturated heterocycles. The topological polar surface area (TPSA) is 88.1 Å². The molecular formula is C18H40O8Si2. The number of ether oxygens (including phenoxy) is 3. The molecule has 0 spiro atoms. The Kier molecular flexibility index (Phi) is 13.2. The third kappa shape index (κ3) is 11.3. The smallest absolute Gasteiger partial charge is 0.398 e. The maximum atomic E-state index is 9.23. The van der Waals surface area contributed by atoms with Crippen molar-refractivity contribution in [3.8, 4) is 0 Å². The van der Waals surface area contributed by atoms with E-state index in [0.29, 0.717) is 38.5 Å². The summed E-state index contributed by atoms with van der Waals surface area (Å²) in [6.07, 6.45) is 5.75. The Morgan fingerprint density at radius 1 is 0.964 bits per heavy atom. The molecule has 3 atom stereocenters. The van der Waals surface area contributed by atoms with Crippen molar-refractivity contribution in [1.29, 1.82) is 0 Å². The normalized spacial score (nSPS) is 21.9. The number of hydrogen-bond donors (Lipinski definition) is 1. The lowest BCUT2D eigenvalue weighted by molar-refractivity contribution is 0.0484. The highest BCUT2D eigenvalue weighted by atomic mass is 28.5. The fraction of sp³-hybridized carbons (Fsp3) is 1.00. The van der Waals surface area contributed by atoms with Crippen LogP contribution in [0.15, 0.2) is 0 Å².